The van der Waals surface area contributed by atoms with Crippen LogP contribution >= 0.6 is 0 Å². The molecule has 0 amide bonds. The van der Waals surface area contributed by atoms with E-state index < -0.39 is 0 Å². The van der Waals surface area contributed by atoms with Crippen molar-refractivity contribution in [2.75, 3.05) is 6.54 Å². The first-order chi connectivity index (χ1) is 24.3. The van der Waals surface area contributed by atoms with Crippen LogP contribution in [0.4, 0.5) is 0 Å². The van der Waals surface area contributed by atoms with Crippen LogP contribution in [0.1, 0.15) is 280 Å². The first kappa shape index (κ1) is 54.0. The smallest absolute Gasteiger partial charge is 0.00514 e. The molecule has 1 nitrogen and oxygen atoms in total. The van der Waals surface area contributed by atoms with Crippen molar-refractivity contribution in [2.45, 2.75) is 280 Å². The second-order valence-electron chi connectivity index (χ2n) is 17.1. The van der Waals surface area contributed by atoms with Crippen LogP contribution in [-0.2, 0) is 0 Å². The largest absolute Gasteiger partial charge is 0.330 e. The van der Waals surface area contributed by atoms with Crippen LogP contribution in [0.2, 0.25) is 0 Å². The van der Waals surface area contributed by atoms with E-state index in [1.165, 1.54) is 230 Å². The second kappa shape index (κ2) is 48.7. The van der Waals surface area contributed by atoms with Crippen molar-refractivity contribution < 1.29 is 0 Å². The van der Waals surface area contributed by atoms with Crippen molar-refractivity contribution in [3.8, 4) is 0 Å². The van der Waals surface area contributed by atoms with Crippen molar-refractivity contribution in [3.05, 3.63) is 12.2 Å². The molecule has 0 saturated carbocycles. The lowest BCUT2D eigenvalue weighted by atomic mass is 9.87. The zero-order valence-electron chi connectivity index (χ0n) is 37.0. The molecule has 0 spiro atoms. The fourth-order valence-corrected chi connectivity index (χ4v) is 7.10. The minimum absolute atomic E-state index is 0.710. The molecule has 0 aliphatic heterocycles. The molecule has 0 saturated heterocycles. The summed E-state index contributed by atoms with van der Waals surface area (Å²) in [5, 5.41) is 0. The standard InChI is InChI=1S/C24H51N.C20H40.C5H12/c1-5-6-7-15-18-24(20-23(4)21-25)19-16-13-11-9-8-10-12-14-17-22(2)3;1-4-5-6-7-8-9-10-11-12-13-14-15-16-17-18-19-20(2)3;1-3-5-4-2/h22-24H,5-21,25H2,1-4H3;2,4-19H2,1,3H3;3-5H2,1-2H3. The van der Waals surface area contributed by atoms with Gasteiger partial charge in [-0.2, -0.15) is 0 Å². The van der Waals surface area contributed by atoms with Gasteiger partial charge in [-0.3, -0.25) is 0 Å². The fraction of sp³-hybridized carbons (Fsp3) is 0.959. The summed E-state index contributed by atoms with van der Waals surface area (Å²) in [6, 6.07) is 0. The van der Waals surface area contributed by atoms with Gasteiger partial charge in [-0.1, -0.05) is 260 Å². The van der Waals surface area contributed by atoms with Crippen molar-refractivity contribution in [1.29, 1.82) is 0 Å². The Labute approximate surface area is 321 Å². The Hall–Kier alpha value is -0.300. The van der Waals surface area contributed by atoms with Gasteiger partial charge in [0.2, 0.25) is 0 Å². The molecule has 0 rings (SSSR count). The topological polar surface area (TPSA) is 26.0 Å². The molecule has 0 bridgehead atoms. The van der Waals surface area contributed by atoms with Crippen molar-refractivity contribution in [2.24, 2.45) is 23.5 Å². The summed E-state index contributed by atoms with van der Waals surface area (Å²) in [6.07, 6.45) is 49.9. The zero-order valence-corrected chi connectivity index (χ0v) is 37.0. The van der Waals surface area contributed by atoms with E-state index >= 15 is 0 Å². The highest BCUT2D eigenvalue weighted by molar-refractivity contribution is 4.87. The third-order valence-electron chi connectivity index (χ3n) is 10.7. The van der Waals surface area contributed by atoms with Gasteiger partial charge in [0.15, 0.2) is 0 Å². The van der Waals surface area contributed by atoms with Crippen LogP contribution in [0.3, 0.4) is 0 Å². The van der Waals surface area contributed by atoms with Gasteiger partial charge in [0.25, 0.3) is 0 Å². The van der Waals surface area contributed by atoms with Gasteiger partial charge in [0.1, 0.15) is 0 Å². The monoisotopic (exact) mass is 706 g/mol. The molecular formula is C49H103N. The van der Waals surface area contributed by atoms with Crippen LogP contribution in [0.25, 0.3) is 0 Å². The lowest BCUT2D eigenvalue weighted by Gasteiger charge is -2.20. The van der Waals surface area contributed by atoms with E-state index in [4.69, 9.17) is 5.73 Å². The molecule has 2 atom stereocenters. The van der Waals surface area contributed by atoms with Crippen molar-refractivity contribution in [3.63, 3.8) is 0 Å². The molecular weight excluding hydrogens is 603 g/mol. The average molecular weight is 706 g/mol. The van der Waals surface area contributed by atoms with Gasteiger partial charge in [-0.15, -0.1) is 6.58 Å². The normalized spacial score (nSPS) is 12.3. The number of allylic oxidation sites excluding steroid dienone is 1. The first-order valence-corrected chi connectivity index (χ1v) is 23.6. The summed E-state index contributed by atoms with van der Waals surface area (Å²) in [6.45, 7) is 23.0. The Morgan fingerprint density at radius 2 is 0.720 bits per heavy atom. The first-order valence-electron chi connectivity index (χ1n) is 23.6. The van der Waals surface area contributed by atoms with Gasteiger partial charge in [0, 0.05) is 0 Å². The lowest BCUT2D eigenvalue weighted by Crippen LogP contribution is -2.15. The maximum atomic E-state index is 5.86. The van der Waals surface area contributed by atoms with E-state index in [2.05, 4.69) is 62.0 Å². The third-order valence-corrected chi connectivity index (χ3v) is 10.7. The SMILES string of the molecule is C=C(C)CCCCCCCCCCCCCCCCC.CCCCC.CCCCCCC(CCCCCCCCCCC(C)C)CC(C)CN. The minimum atomic E-state index is 0.710. The molecule has 0 heterocycles. The van der Waals surface area contributed by atoms with Crippen molar-refractivity contribution in [1.82, 2.24) is 0 Å². The van der Waals surface area contributed by atoms with E-state index in [0.717, 1.165) is 18.4 Å². The fourth-order valence-electron chi connectivity index (χ4n) is 7.10. The van der Waals surface area contributed by atoms with Crippen LogP contribution in [0.15, 0.2) is 12.2 Å². The predicted octanol–water partition coefficient (Wildman–Crippen LogP) is 18.1. The average Bonchev–Trinajstić information content (AvgIpc) is 3.09. The summed E-state index contributed by atoms with van der Waals surface area (Å²) in [4.78, 5) is 0. The molecule has 0 aromatic carbocycles. The van der Waals surface area contributed by atoms with Gasteiger partial charge >= 0.3 is 0 Å². The van der Waals surface area contributed by atoms with Crippen LogP contribution in [0, 0.1) is 17.8 Å². The summed E-state index contributed by atoms with van der Waals surface area (Å²) < 4.78 is 0. The lowest BCUT2D eigenvalue weighted by molar-refractivity contribution is 0.331. The molecule has 0 aliphatic carbocycles. The molecule has 2 unspecified atom stereocenters. The molecule has 0 aliphatic rings. The number of unbranched alkanes of at least 4 members (excludes halogenated alkanes) is 26. The molecule has 304 valence electrons. The quantitative estimate of drug-likeness (QED) is 0.0505. The molecule has 0 fully saturated rings. The minimum Gasteiger partial charge on any atom is -0.330 e. The Morgan fingerprint density at radius 1 is 0.420 bits per heavy atom. The summed E-state index contributed by atoms with van der Waals surface area (Å²) in [5.41, 5.74) is 7.20. The van der Waals surface area contributed by atoms with Gasteiger partial charge in [-0.25, -0.2) is 0 Å². The molecule has 2 N–H and O–H groups in total. The van der Waals surface area contributed by atoms with Crippen LogP contribution < -0.4 is 5.73 Å². The zero-order chi connectivity index (χ0) is 37.8. The summed E-state index contributed by atoms with van der Waals surface area (Å²) in [7, 11) is 0. The Kier molecular flexibility index (Phi) is 52.6. The Morgan fingerprint density at radius 3 is 1.02 bits per heavy atom. The molecule has 50 heavy (non-hydrogen) atoms. The van der Waals surface area contributed by atoms with E-state index in [0.29, 0.717) is 5.92 Å². The Bertz CT molecular complexity index is 578. The van der Waals surface area contributed by atoms with E-state index in [1.54, 1.807) is 0 Å². The van der Waals surface area contributed by atoms with E-state index in [-0.39, 0.29) is 0 Å². The number of hydrogen-bond acceptors (Lipinski definition) is 1. The van der Waals surface area contributed by atoms with Gasteiger partial charge < -0.3 is 5.73 Å². The maximum Gasteiger partial charge on any atom is -0.00514 e. The summed E-state index contributed by atoms with van der Waals surface area (Å²) in [5.74, 6) is 2.53. The molecule has 0 aromatic rings. The van der Waals surface area contributed by atoms with Crippen LogP contribution in [0.5, 0.6) is 0 Å². The van der Waals surface area contributed by atoms with Gasteiger partial charge in [-0.05, 0) is 50.5 Å². The van der Waals surface area contributed by atoms with E-state index in [1.807, 2.05) is 0 Å². The van der Waals surface area contributed by atoms with E-state index in [9.17, 15) is 0 Å². The third kappa shape index (κ3) is 54.5. The highest BCUT2D eigenvalue weighted by Gasteiger charge is 2.12. The number of hydrogen-bond donors (Lipinski definition) is 1. The number of rotatable bonds is 37. The molecule has 1 heteroatoms. The maximum absolute atomic E-state index is 5.86. The van der Waals surface area contributed by atoms with Crippen molar-refractivity contribution >= 4 is 0 Å². The highest BCUT2D eigenvalue weighted by atomic mass is 14.5. The Balaban J connectivity index is -0.000000791. The number of nitrogens with two attached hydrogens (primary N) is 1. The molecule has 0 aromatic heterocycles. The predicted molar refractivity (Wildman–Crippen MR) is 236 cm³/mol. The van der Waals surface area contributed by atoms with Gasteiger partial charge in [0.05, 0.1) is 0 Å². The highest BCUT2D eigenvalue weighted by Crippen LogP contribution is 2.25. The summed E-state index contributed by atoms with van der Waals surface area (Å²) >= 11 is 0. The van der Waals surface area contributed by atoms with Crippen LogP contribution in [-0.4, -0.2) is 6.54 Å². The second-order valence-corrected chi connectivity index (χ2v) is 17.1. The molecule has 0 radical (unpaired) electrons.